The van der Waals surface area contributed by atoms with Crippen molar-refractivity contribution in [2.75, 3.05) is 0 Å². The minimum Gasteiger partial charge on any atom is -0.321 e. The molecule has 0 aliphatic rings. The van der Waals surface area contributed by atoms with Gasteiger partial charge in [0.05, 0.1) is 17.3 Å². The fraction of sp³-hybridized carbons (Fsp3) is 0. The van der Waals surface area contributed by atoms with E-state index in [-0.39, 0.29) is 11.5 Å². The number of carbonyl (C=O) groups excluding carboxylic acids is 1. The number of benzene rings is 2. The summed E-state index contributed by atoms with van der Waals surface area (Å²) < 4.78 is 0.677. The van der Waals surface area contributed by atoms with Crippen LogP contribution >= 0.6 is 15.9 Å². The van der Waals surface area contributed by atoms with Crippen LogP contribution in [0.2, 0.25) is 0 Å². The fourth-order valence-electron chi connectivity index (χ4n) is 2.13. The van der Waals surface area contributed by atoms with E-state index in [1.54, 1.807) is 24.3 Å². The third kappa shape index (κ3) is 3.37. The summed E-state index contributed by atoms with van der Waals surface area (Å²) in [6.07, 6.45) is 1.33. The van der Waals surface area contributed by atoms with E-state index in [0.29, 0.717) is 15.6 Å². The molecule has 0 radical (unpaired) electrons. The number of rotatable bonds is 3. The number of hydrogen-bond donors (Lipinski definition) is 2. The van der Waals surface area contributed by atoms with E-state index in [4.69, 9.17) is 0 Å². The smallest absolute Gasteiger partial charge is 0.272 e. The van der Waals surface area contributed by atoms with Gasteiger partial charge in [-0.3, -0.25) is 9.59 Å². The topological polar surface area (TPSA) is 74.3 Å². The fourth-order valence-corrected chi connectivity index (χ4v) is 2.59. The minimum atomic E-state index is -0.356. The average molecular weight is 370 g/mol. The van der Waals surface area contributed by atoms with E-state index in [0.717, 1.165) is 10.9 Å². The molecular weight excluding hydrogens is 358 g/mol. The Bertz CT molecular complexity index is 963. The van der Waals surface area contributed by atoms with Gasteiger partial charge in [-0.1, -0.05) is 30.3 Å². The molecule has 0 aliphatic heterocycles. The molecule has 0 aliphatic carbocycles. The van der Waals surface area contributed by atoms with Crippen molar-refractivity contribution in [3.05, 3.63) is 80.6 Å². The molecule has 1 amide bonds. The zero-order chi connectivity index (χ0) is 16.2. The van der Waals surface area contributed by atoms with Crippen LogP contribution in [0.3, 0.4) is 0 Å². The summed E-state index contributed by atoms with van der Waals surface area (Å²) in [4.78, 5) is 26.7. The first-order valence-electron chi connectivity index (χ1n) is 6.85. The quantitative estimate of drug-likeness (QED) is 0.549. The minimum absolute atomic E-state index is 0.261. The molecule has 23 heavy (non-hydrogen) atoms. The summed E-state index contributed by atoms with van der Waals surface area (Å²) in [7, 11) is 0. The maximum Gasteiger partial charge on any atom is 0.272 e. The Balaban J connectivity index is 1.81. The van der Waals surface area contributed by atoms with Gasteiger partial charge in [0, 0.05) is 9.99 Å². The zero-order valence-electron chi connectivity index (χ0n) is 11.9. The second kappa shape index (κ2) is 6.58. The van der Waals surface area contributed by atoms with Gasteiger partial charge in [-0.05, 0) is 45.6 Å². The highest BCUT2D eigenvalue weighted by Gasteiger charge is 2.07. The third-order valence-corrected chi connectivity index (χ3v) is 3.96. The highest BCUT2D eigenvalue weighted by molar-refractivity contribution is 9.10. The number of hydrogen-bond acceptors (Lipinski definition) is 3. The molecule has 0 saturated heterocycles. The monoisotopic (exact) mass is 369 g/mol. The van der Waals surface area contributed by atoms with Crippen molar-refractivity contribution in [3.8, 4) is 0 Å². The van der Waals surface area contributed by atoms with Crippen molar-refractivity contribution in [3.63, 3.8) is 0 Å². The van der Waals surface area contributed by atoms with E-state index < -0.39 is 0 Å². The molecule has 0 fully saturated rings. The van der Waals surface area contributed by atoms with Gasteiger partial charge in [-0.2, -0.15) is 5.10 Å². The van der Waals surface area contributed by atoms with E-state index in [1.807, 2.05) is 30.3 Å². The Morgan fingerprint density at radius 1 is 1.13 bits per heavy atom. The molecule has 0 atom stereocenters. The number of nitrogens with zero attached hydrogens (tertiary/aromatic N) is 1. The van der Waals surface area contributed by atoms with Crippen LogP contribution in [0.15, 0.2) is 69.0 Å². The molecule has 3 rings (SSSR count). The molecular formula is C17H12BrN3O2. The molecule has 6 heteroatoms. The van der Waals surface area contributed by atoms with Crippen LogP contribution in [-0.4, -0.2) is 17.1 Å². The zero-order valence-corrected chi connectivity index (χ0v) is 13.5. The Labute approximate surface area is 140 Å². The van der Waals surface area contributed by atoms with E-state index in [2.05, 4.69) is 31.4 Å². The Morgan fingerprint density at radius 3 is 2.70 bits per heavy atom. The number of aromatic amines is 1. The number of aromatic nitrogens is 1. The SMILES string of the molecule is O=C(N/N=C\c1cc2ccccc2[nH]c1=O)c1ccccc1Br. The first kappa shape index (κ1) is 15.2. The lowest BCUT2D eigenvalue weighted by molar-refractivity contribution is 0.0954. The number of hydrazone groups is 1. The van der Waals surface area contributed by atoms with Gasteiger partial charge in [0.1, 0.15) is 0 Å². The maximum atomic E-state index is 12.0. The maximum absolute atomic E-state index is 12.0. The number of nitrogens with one attached hydrogen (secondary N) is 2. The predicted molar refractivity (Wildman–Crippen MR) is 93.8 cm³/mol. The number of halogens is 1. The largest absolute Gasteiger partial charge is 0.321 e. The van der Waals surface area contributed by atoms with E-state index >= 15 is 0 Å². The van der Waals surface area contributed by atoms with Crippen LogP contribution < -0.4 is 11.0 Å². The summed E-state index contributed by atoms with van der Waals surface area (Å²) in [6.45, 7) is 0. The van der Waals surface area contributed by atoms with Crippen LogP contribution in [-0.2, 0) is 0 Å². The van der Waals surface area contributed by atoms with Crippen LogP contribution in [0.1, 0.15) is 15.9 Å². The van der Waals surface area contributed by atoms with Gasteiger partial charge >= 0.3 is 0 Å². The number of carbonyl (C=O) groups is 1. The molecule has 0 saturated carbocycles. The van der Waals surface area contributed by atoms with Gasteiger partial charge in [0.2, 0.25) is 0 Å². The van der Waals surface area contributed by atoms with Crippen molar-refractivity contribution in [1.82, 2.24) is 10.4 Å². The van der Waals surface area contributed by atoms with Crippen LogP contribution in [0.25, 0.3) is 10.9 Å². The van der Waals surface area contributed by atoms with Crippen LogP contribution in [0, 0.1) is 0 Å². The number of H-pyrrole nitrogens is 1. The Hall–Kier alpha value is -2.73. The summed E-state index contributed by atoms with van der Waals surface area (Å²) in [5.41, 5.74) is 3.75. The normalized spacial score (nSPS) is 11.0. The molecule has 3 aromatic rings. The molecule has 1 heterocycles. The molecule has 1 aromatic heterocycles. The molecule has 2 aromatic carbocycles. The highest BCUT2D eigenvalue weighted by Crippen LogP contribution is 2.15. The van der Waals surface area contributed by atoms with Crippen LogP contribution in [0.5, 0.6) is 0 Å². The van der Waals surface area contributed by atoms with E-state index in [1.165, 1.54) is 6.21 Å². The summed E-state index contributed by atoms with van der Waals surface area (Å²) in [6, 6.07) is 16.2. The number of amides is 1. The second-order valence-corrected chi connectivity index (χ2v) is 5.67. The molecule has 0 spiro atoms. The van der Waals surface area contributed by atoms with Gasteiger partial charge in [-0.15, -0.1) is 0 Å². The lowest BCUT2D eigenvalue weighted by atomic mass is 10.2. The van der Waals surface area contributed by atoms with Gasteiger partial charge in [0.25, 0.3) is 11.5 Å². The summed E-state index contributed by atoms with van der Waals surface area (Å²) in [5, 5.41) is 4.76. The average Bonchev–Trinajstić information content (AvgIpc) is 2.55. The van der Waals surface area contributed by atoms with Gasteiger partial charge in [-0.25, -0.2) is 5.43 Å². The lowest BCUT2D eigenvalue weighted by Crippen LogP contribution is -2.19. The Morgan fingerprint density at radius 2 is 1.87 bits per heavy atom. The van der Waals surface area contributed by atoms with E-state index in [9.17, 15) is 9.59 Å². The first-order valence-corrected chi connectivity index (χ1v) is 7.64. The second-order valence-electron chi connectivity index (χ2n) is 4.82. The van der Waals surface area contributed by atoms with Crippen molar-refractivity contribution < 1.29 is 4.79 Å². The Kier molecular flexibility index (Phi) is 4.34. The van der Waals surface area contributed by atoms with Crippen molar-refractivity contribution >= 4 is 39.0 Å². The van der Waals surface area contributed by atoms with Crippen LogP contribution in [0.4, 0.5) is 0 Å². The standard InChI is InChI=1S/C17H12BrN3O2/c18-14-7-3-2-6-13(14)17(23)21-19-10-12-9-11-5-1-4-8-15(11)20-16(12)22/h1-10H,(H,20,22)(H,21,23)/b19-10-. The summed E-state index contributed by atoms with van der Waals surface area (Å²) in [5.74, 6) is -0.356. The van der Waals surface area contributed by atoms with Gasteiger partial charge in [0.15, 0.2) is 0 Å². The molecule has 114 valence electrons. The first-order chi connectivity index (χ1) is 11.1. The number of fused-ring (bicyclic) bond motifs is 1. The molecule has 2 N–H and O–H groups in total. The van der Waals surface area contributed by atoms with Gasteiger partial charge < -0.3 is 4.98 Å². The molecule has 0 unspecified atom stereocenters. The third-order valence-electron chi connectivity index (χ3n) is 3.27. The highest BCUT2D eigenvalue weighted by atomic mass is 79.9. The predicted octanol–water partition coefficient (Wildman–Crippen LogP) is 3.05. The number of pyridine rings is 1. The van der Waals surface area contributed by atoms with Crippen molar-refractivity contribution in [2.24, 2.45) is 5.10 Å². The number of para-hydroxylation sites is 1. The lowest BCUT2D eigenvalue weighted by Gasteiger charge is -2.02. The van der Waals surface area contributed by atoms with Crippen molar-refractivity contribution in [2.45, 2.75) is 0 Å². The summed E-state index contributed by atoms with van der Waals surface area (Å²) >= 11 is 3.30. The molecule has 5 nitrogen and oxygen atoms in total. The molecule has 0 bridgehead atoms. The van der Waals surface area contributed by atoms with Crippen molar-refractivity contribution in [1.29, 1.82) is 0 Å².